The largest absolute Gasteiger partial charge is 0.492 e. The van der Waals surface area contributed by atoms with Crippen LogP contribution >= 0.6 is 0 Å². The third-order valence-electron chi connectivity index (χ3n) is 3.57. The van der Waals surface area contributed by atoms with Crippen LogP contribution in [0.25, 0.3) is 0 Å². The molecule has 3 nitrogen and oxygen atoms in total. The standard InChI is InChI=1S/C14H21NO2S/c1-3-10(2)9-18(16)13-8-17-12-7-5-4-6-11(12)14(13)15/h4-7,10,13-14H,3,8-9,15H2,1-2H3. The van der Waals surface area contributed by atoms with Crippen molar-refractivity contribution in [3.05, 3.63) is 29.8 Å². The zero-order valence-electron chi connectivity index (χ0n) is 11.0. The minimum Gasteiger partial charge on any atom is -0.492 e. The Balaban J connectivity index is 2.11. The summed E-state index contributed by atoms with van der Waals surface area (Å²) < 4.78 is 18.0. The minimum atomic E-state index is -0.924. The van der Waals surface area contributed by atoms with Gasteiger partial charge in [0.25, 0.3) is 0 Å². The van der Waals surface area contributed by atoms with E-state index in [0.717, 1.165) is 17.7 Å². The van der Waals surface area contributed by atoms with Gasteiger partial charge in [-0.3, -0.25) is 4.21 Å². The first-order chi connectivity index (χ1) is 8.63. The summed E-state index contributed by atoms with van der Waals surface area (Å²) in [5.74, 6) is 2.01. The lowest BCUT2D eigenvalue weighted by Gasteiger charge is -2.31. The van der Waals surface area contributed by atoms with Gasteiger partial charge < -0.3 is 10.5 Å². The van der Waals surface area contributed by atoms with Crippen molar-refractivity contribution in [3.63, 3.8) is 0 Å². The topological polar surface area (TPSA) is 52.3 Å². The van der Waals surface area contributed by atoms with Crippen LogP contribution in [-0.2, 0) is 10.8 Å². The summed E-state index contributed by atoms with van der Waals surface area (Å²) in [5, 5.41) is -0.0890. The zero-order valence-corrected chi connectivity index (χ0v) is 11.8. The lowest BCUT2D eigenvalue weighted by Crippen LogP contribution is -2.40. The molecule has 0 saturated heterocycles. The molecule has 18 heavy (non-hydrogen) atoms. The van der Waals surface area contributed by atoms with Gasteiger partial charge in [-0.05, 0) is 12.0 Å². The smallest absolute Gasteiger partial charge is 0.124 e. The van der Waals surface area contributed by atoms with E-state index in [0.29, 0.717) is 18.3 Å². The Kier molecular flexibility index (Phi) is 4.40. The first-order valence-corrected chi connectivity index (χ1v) is 7.86. The first kappa shape index (κ1) is 13.6. The molecule has 0 spiro atoms. The third-order valence-corrected chi connectivity index (χ3v) is 5.57. The predicted molar refractivity (Wildman–Crippen MR) is 75.1 cm³/mol. The van der Waals surface area contributed by atoms with E-state index < -0.39 is 10.8 Å². The first-order valence-electron chi connectivity index (χ1n) is 6.48. The monoisotopic (exact) mass is 267 g/mol. The van der Waals surface area contributed by atoms with Gasteiger partial charge in [-0.2, -0.15) is 0 Å². The molecule has 1 aromatic carbocycles. The molecule has 100 valence electrons. The number of fused-ring (bicyclic) bond motifs is 1. The Hall–Kier alpha value is -0.870. The molecule has 0 bridgehead atoms. The molecule has 0 aliphatic carbocycles. The summed E-state index contributed by atoms with van der Waals surface area (Å²) >= 11 is 0. The van der Waals surface area contributed by atoms with Crippen LogP contribution in [0, 0.1) is 5.92 Å². The molecule has 1 heterocycles. The second kappa shape index (κ2) is 5.85. The van der Waals surface area contributed by atoms with Crippen LogP contribution in [0.4, 0.5) is 0 Å². The van der Waals surface area contributed by atoms with E-state index >= 15 is 0 Å². The van der Waals surface area contributed by atoms with Crippen molar-refractivity contribution in [2.24, 2.45) is 11.7 Å². The molecule has 2 N–H and O–H groups in total. The fraction of sp³-hybridized carbons (Fsp3) is 0.571. The molecule has 4 heteroatoms. The summed E-state index contributed by atoms with van der Waals surface area (Å²) in [5.41, 5.74) is 7.21. The van der Waals surface area contributed by atoms with Gasteiger partial charge in [0.1, 0.15) is 12.4 Å². The SMILES string of the molecule is CCC(C)CS(=O)C1COc2ccccc2C1N. The van der Waals surface area contributed by atoms with Crippen molar-refractivity contribution in [2.45, 2.75) is 31.6 Å². The van der Waals surface area contributed by atoms with Crippen LogP contribution in [0.1, 0.15) is 31.9 Å². The maximum Gasteiger partial charge on any atom is 0.124 e. The number of benzene rings is 1. The maximum atomic E-state index is 12.3. The molecule has 0 aromatic heterocycles. The minimum absolute atomic E-state index is 0.0890. The Morgan fingerprint density at radius 3 is 2.94 bits per heavy atom. The third kappa shape index (κ3) is 2.75. The van der Waals surface area contributed by atoms with Gasteiger partial charge in [-0.1, -0.05) is 38.5 Å². The molecular weight excluding hydrogens is 246 g/mol. The average Bonchev–Trinajstić information content (AvgIpc) is 2.39. The fourth-order valence-electron chi connectivity index (χ4n) is 2.12. The molecule has 4 unspecified atom stereocenters. The lowest BCUT2D eigenvalue weighted by molar-refractivity contribution is 0.273. The number of nitrogens with two attached hydrogens (primary N) is 1. The lowest BCUT2D eigenvalue weighted by atomic mass is 10.0. The van der Waals surface area contributed by atoms with Crippen molar-refractivity contribution in [2.75, 3.05) is 12.4 Å². The Morgan fingerprint density at radius 1 is 1.50 bits per heavy atom. The number of hydrogen-bond donors (Lipinski definition) is 1. The normalized spacial score (nSPS) is 25.9. The van der Waals surface area contributed by atoms with Crippen molar-refractivity contribution >= 4 is 10.8 Å². The van der Waals surface area contributed by atoms with E-state index in [2.05, 4.69) is 13.8 Å². The van der Waals surface area contributed by atoms with E-state index in [1.807, 2.05) is 24.3 Å². The molecule has 0 radical (unpaired) electrons. The van der Waals surface area contributed by atoms with E-state index in [4.69, 9.17) is 10.5 Å². The quantitative estimate of drug-likeness (QED) is 0.910. The summed E-state index contributed by atoms with van der Waals surface area (Å²) in [6.07, 6.45) is 1.05. The highest BCUT2D eigenvalue weighted by molar-refractivity contribution is 7.85. The van der Waals surface area contributed by atoms with Gasteiger partial charge >= 0.3 is 0 Å². The van der Waals surface area contributed by atoms with Gasteiger partial charge in [0.2, 0.25) is 0 Å². The van der Waals surface area contributed by atoms with Crippen LogP contribution in [0.2, 0.25) is 0 Å². The molecule has 1 aromatic rings. The van der Waals surface area contributed by atoms with Gasteiger partial charge in [0.05, 0.1) is 11.3 Å². The highest BCUT2D eigenvalue weighted by Crippen LogP contribution is 2.32. The zero-order chi connectivity index (χ0) is 13.1. The molecule has 2 rings (SSSR count). The molecular formula is C14H21NO2S. The number of ether oxygens (including phenoxy) is 1. The second-order valence-electron chi connectivity index (χ2n) is 4.97. The van der Waals surface area contributed by atoms with Crippen LogP contribution in [0.3, 0.4) is 0 Å². The van der Waals surface area contributed by atoms with Crippen molar-refractivity contribution in [1.82, 2.24) is 0 Å². The second-order valence-corrected chi connectivity index (χ2v) is 6.67. The molecule has 1 aliphatic heterocycles. The highest BCUT2D eigenvalue weighted by Gasteiger charge is 2.32. The molecule has 0 amide bonds. The van der Waals surface area contributed by atoms with Gasteiger partial charge in [0, 0.05) is 22.1 Å². The van der Waals surface area contributed by atoms with Crippen LogP contribution in [0.15, 0.2) is 24.3 Å². The molecule has 0 saturated carbocycles. The van der Waals surface area contributed by atoms with Crippen molar-refractivity contribution in [1.29, 1.82) is 0 Å². The highest BCUT2D eigenvalue weighted by atomic mass is 32.2. The molecule has 0 fully saturated rings. The summed E-state index contributed by atoms with van der Waals surface area (Å²) in [6, 6.07) is 7.58. The van der Waals surface area contributed by atoms with Gasteiger partial charge in [0.15, 0.2) is 0 Å². The summed E-state index contributed by atoms with van der Waals surface area (Å²) in [4.78, 5) is 0. The van der Waals surface area contributed by atoms with Crippen LogP contribution in [-0.4, -0.2) is 21.8 Å². The fourth-order valence-corrected chi connectivity index (χ4v) is 3.86. The van der Waals surface area contributed by atoms with E-state index in [9.17, 15) is 4.21 Å². The van der Waals surface area contributed by atoms with E-state index in [-0.39, 0.29) is 11.3 Å². The number of para-hydroxylation sites is 1. The van der Waals surface area contributed by atoms with Gasteiger partial charge in [-0.25, -0.2) is 0 Å². The molecule has 1 aliphatic rings. The average molecular weight is 267 g/mol. The van der Waals surface area contributed by atoms with E-state index in [1.165, 1.54) is 0 Å². The number of hydrogen-bond acceptors (Lipinski definition) is 3. The Bertz CT molecular complexity index is 436. The Labute approximate surface area is 111 Å². The van der Waals surface area contributed by atoms with Crippen molar-refractivity contribution in [3.8, 4) is 5.75 Å². The number of rotatable bonds is 4. The van der Waals surface area contributed by atoms with Crippen molar-refractivity contribution < 1.29 is 8.95 Å². The van der Waals surface area contributed by atoms with Crippen LogP contribution in [0.5, 0.6) is 5.75 Å². The van der Waals surface area contributed by atoms with E-state index in [1.54, 1.807) is 0 Å². The van der Waals surface area contributed by atoms with Gasteiger partial charge in [-0.15, -0.1) is 0 Å². The van der Waals surface area contributed by atoms with Crippen LogP contribution < -0.4 is 10.5 Å². The predicted octanol–water partition coefficient (Wildman–Crippen LogP) is 2.24. The molecule has 4 atom stereocenters. The summed E-state index contributed by atoms with van der Waals surface area (Å²) in [7, 11) is -0.924. The Morgan fingerprint density at radius 2 is 2.22 bits per heavy atom. The summed E-state index contributed by atoms with van der Waals surface area (Å²) in [6.45, 7) is 4.71. The maximum absolute atomic E-state index is 12.3.